The van der Waals surface area contributed by atoms with E-state index in [1.54, 1.807) is 17.0 Å². The Bertz CT molecular complexity index is 576. The highest BCUT2D eigenvalue weighted by Crippen LogP contribution is 2.12. The first-order chi connectivity index (χ1) is 10.7. The van der Waals surface area contributed by atoms with Crippen molar-refractivity contribution in [2.24, 2.45) is 5.73 Å². The minimum Gasteiger partial charge on any atom is -0.452 e. The maximum Gasteiger partial charge on any atom is 0.338 e. The second-order valence-electron chi connectivity index (χ2n) is 5.63. The predicted molar refractivity (Wildman–Crippen MR) is 87.0 cm³/mol. The van der Waals surface area contributed by atoms with Crippen LogP contribution in [0.4, 0.5) is 10.5 Å². The van der Waals surface area contributed by atoms with E-state index in [1.807, 2.05) is 27.7 Å². The van der Waals surface area contributed by atoms with Crippen LogP contribution >= 0.6 is 0 Å². The molecule has 0 aliphatic carbocycles. The first kappa shape index (κ1) is 18.5. The van der Waals surface area contributed by atoms with Gasteiger partial charge in [-0.1, -0.05) is 6.07 Å². The third-order valence-corrected chi connectivity index (χ3v) is 3.09. The predicted octanol–water partition coefficient (Wildman–Crippen LogP) is 1.98. The highest BCUT2D eigenvalue weighted by Gasteiger charge is 2.21. The van der Waals surface area contributed by atoms with Gasteiger partial charge < -0.3 is 20.7 Å². The molecule has 0 unspecified atom stereocenters. The molecule has 0 saturated carbocycles. The van der Waals surface area contributed by atoms with Gasteiger partial charge in [-0.3, -0.25) is 4.79 Å². The average molecular weight is 321 g/mol. The molecule has 1 aromatic rings. The van der Waals surface area contributed by atoms with Gasteiger partial charge in [0.05, 0.1) is 5.56 Å². The molecule has 1 rings (SSSR count). The van der Waals surface area contributed by atoms with E-state index in [1.165, 1.54) is 12.1 Å². The fraction of sp³-hybridized carbons (Fsp3) is 0.438. The maximum absolute atomic E-state index is 12.1. The number of ether oxygens (including phenoxy) is 1. The number of rotatable bonds is 6. The molecule has 0 bridgehead atoms. The minimum absolute atomic E-state index is 0.0179. The Labute approximate surface area is 135 Å². The average Bonchev–Trinajstić information content (AvgIpc) is 2.43. The van der Waals surface area contributed by atoms with Crippen molar-refractivity contribution in [1.29, 1.82) is 0 Å². The van der Waals surface area contributed by atoms with E-state index in [-0.39, 0.29) is 30.2 Å². The Morgan fingerprint density at radius 2 is 1.78 bits per heavy atom. The molecular weight excluding hydrogens is 298 g/mol. The Morgan fingerprint density at radius 3 is 2.30 bits per heavy atom. The molecule has 1 aromatic carbocycles. The van der Waals surface area contributed by atoms with Crippen LogP contribution in [0.2, 0.25) is 0 Å². The van der Waals surface area contributed by atoms with Crippen molar-refractivity contribution in [2.75, 3.05) is 11.9 Å². The SMILES string of the molecule is CC(C)N(C(=O)COC(=O)c1cccc(NC(N)=O)c1)C(C)C. The lowest BCUT2D eigenvalue weighted by Gasteiger charge is -2.30. The zero-order valence-electron chi connectivity index (χ0n) is 13.8. The van der Waals surface area contributed by atoms with Crippen LogP contribution in [0.5, 0.6) is 0 Å². The summed E-state index contributed by atoms with van der Waals surface area (Å²) < 4.78 is 5.06. The number of carbonyl (C=O) groups is 3. The van der Waals surface area contributed by atoms with E-state index < -0.39 is 12.0 Å². The van der Waals surface area contributed by atoms with Gasteiger partial charge in [-0.05, 0) is 45.9 Å². The van der Waals surface area contributed by atoms with Crippen molar-refractivity contribution in [3.8, 4) is 0 Å². The van der Waals surface area contributed by atoms with Gasteiger partial charge in [0, 0.05) is 17.8 Å². The highest BCUT2D eigenvalue weighted by molar-refractivity contribution is 5.94. The third-order valence-electron chi connectivity index (χ3n) is 3.09. The quantitative estimate of drug-likeness (QED) is 0.782. The number of nitrogens with one attached hydrogen (secondary N) is 1. The summed E-state index contributed by atoms with van der Waals surface area (Å²) in [5.41, 5.74) is 5.63. The molecule has 0 aromatic heterocycles. The molecule has 7 heteroatoms. The summed E-state index contributed by atoms with van der Waals surface area (Å²) in [6, 6.07) is 5.44. The molecule has 0 atom stereocenters. The van der Waals surface area contributed by atoms with E-state index in [0.717, 1.165) is 0 Å². The number of esters is 1. The molecule has 126 valence electrons. The monoisotopic (exact) mass is 321 g/mol. The van der Waals surface area contributed by atoms with Crippen molar-refractivity contribution < 1.29 is 19.1 Å². The van der Waals surface area contributed by atoms with E-state index in [2.05, 4.69) is 5.32 Å². The van der Waals surface area contributed by atoms with Gasteiger partial charge >= 0.3 is 12.0 Å². The lowest BCUT2D eigenvalue weighted by Crippen LogP contribution is -2.44. The molecule has 0 fully saturated rings. The van der Waals surface area contributed by atoms with Crippen LogP contribution in [0.15, 0.2) is 24.3 Å². The molecular formula is C16H23N3O4. The van der Waals surface area contributed by atoms with Crippen LogP contribution in [0.3, 0.4) is 0 Å². The Kier molecular flexibility index (Phi) is 6.56. The van der Waals surface area contributed by atoms with Crippen LogP contribution in [0.25, 0.3) is 0 Å². The van der Waals surface area contributed by atoms with E-state index >= 15 is 0 Å². The van der Waals surface area contributed by atoms with Crippen LogP contribution in [-0.4, -0.2) is 41.5 Å². The summed E-state index contributed by atoms with van der Waals surface area (Å²) in [4.78, 5) is 36.6. The maximum atomic E-state index is 12.1. The van der Waals surface area contributed by atoms with Gasteiger partial charge in [0.1, 0.15) is 0 Å². The summed E-state index contributed by atoms with van der Waals surface area (Å²) in [7, 11) is 0. The number of nitrogens with zero attached hydrogens (tertiary/aromatic N) is 1. The number of primary amides is 1. The molecule has 0 heterocycles. The number of nitrogens with two attached hydrogens (primary N) is 1. The molecule has 7 nitrogen and oxygen atoms in total. The van der Waals surface area contributed by atoms with Crippen LogP contribution in [0, 0.1) is 0 Å². The van der Waals surface area contributed by atoms with Gasteiger partial charge in [0.25, 0.3) is 5.91 Å². The summed E-state index contributed by atoms with van der Waals surface area (Å²) in [5.74, 6) is -0.895. The number of hydrogen-bond donors (Lipinski definition) is 2. The number of urea groups is 1. The summed E-state index contributed by atoms with van der Waals surface area (Å²) in [5, 5.41) is 2.37. The van der Waals surface area contributed by atoms with Crippen LogP contribution in [0.1, 0.15) is 38.1 Å². The van der Waals surface area contributed by atoms with Crippen molar-refractivity contribution in [2.45, 2.75) is 39.8 Å². The largest absolute Gasteiger partial charge is 0.452 e. The summed E-state index contributed by atoms with van der Waals surface area (Å²) in [6.07, 6.45) is 0. The fourth-order valence-corrected chi connectivity index (χ4v) is 2.32. The van der Waals surface area contributed by atoms with E-state index in [0.29, 0.717) is 5.69 Å². The molecule has 0 spiro atoms. The van der Waals surface area contributed by atoms with Crippen molar-refractivity contribution >= 4 is 23.6 Å². The third kappa shape index (κ3) is 5.61. The van der Waals surface area contributed by atoms with Crippen molar-refractivity contribution in [3.63, 3.8) is 0 Å². The zero-order valence-corrected chi connectivity index (χ0v) is 13.8. The zero-order chi connectivity index (χ0) is 17.6. The number of benzene rings is 1. The number of carbonyl (C=O) groups excluding carboxylic acids is 3. The normalized spacial score (nSPS) is 10.5. The van der Waals surface area contributed by atoms with E-state index in [4.69, 9.17) is 10.5 Å². The van der Waals surface area contributed by atoms with Crippen molar-refractivity contribution in [1.82, 2.24) is 4.90 Å². The van der Waals surface area contributed by atoms with E-state index in [9.17, 15) is 14.4 Å². The first-order valence-electron chi connectivity index (χ1n) is 7.37. The highest BCUT2D eigenvalue weighted by atomic mass is 16.5. The molecule has 0 saturated heterocycles. The van der Waals surface area contributed by atoms with Crippen LogP contribution < -0.4 is 11.1 Å². The second kappa shape index (κ2) is 8.17. The fourth-order valence-electron chi connectivity index (χ4n) is 2.32. The number of anilines is 1. The molecule has 3 N–H and O–H groups in total. The molecule has 0 radical (unpaired) electrons. The van der Waals surface area contributed by atoms with Gasteiger partial charge in [-0.2, -0.15) is 0 Å². The smallest absolute Gasteiger partial charge is 0.338 e. The van der Waals surface area contributed by atoms with Crippen LogP contribution in [-0.2, 0) is 9.53 Å². The first-order valence-corrected chi connectivity index (χ1v) is 7.37. The standard InChI is InChI=1S/C16H23N3O4/c1-10(2)19(11(3)4)14(20)9-23-15(21)12-6-5-7-13(8-12)18-16(17)22/h5-8,10-11H,9H2,1-4H3,(H3,17,18,22). The lowest BCUT2D eigenvalue weighted by atomic mass is 10.2. The van der Waals surface area contributed by atoms with Gasteiger partial charge in [-0.25, -0.2) is 9.59 Å². The molecule has 23 heavy (non-hydrogen) atoms. The summed E-state index contributed by atoms with van der Waals surface area (Å²) in [6.45, 7) is 7.28. The number of hydrogen-bond acceptors (Lipinski definition) is 4. The van der Waals surface area contributed by atoms with Crippen molar-refractivity contribution in [3.05, 3.63) is 29.8 Å². The Balaban J connectivity index is 2.69. The Morgan fingerprint density at radius 1 is 1.17 bits per heavy atom. The Hall–Kier alpha value is -2.57. The van der Waals surface area contributed by atoms with Gasteiger partial charge in [0.2, 0.25) is 0 Å². The minimum atomic E-state index is -0.727. The number of amides is 3. The molecule has 3 amide bonds. The lowest BCUT2D eigenvalue weighted by molar-refractivity contribution is -0.138. The second-order valence-corrected chi connectivity index (χ2v) is 5.63. The molecule has 0 aliphatic rings. The summed E-state index contributed by atoms with van der Waals surface area (Å²) >= 11 is 0. The van der Waals surface area contributed by atoms with Gasteiger partial charge in [-0.15, -0.1) is 0 Å². The topological polar surface area (TPSA) is 102 Å². The molecule has 0 aliphatic heterocycles. The van der Waals surface area contributed by atoms with Gasteiger partial charge in [0.15, 0.2) is 6.61 Å².